The van der Waals surface area contributed by atoms with Gasteiger partial charge in [-0.25, -0.2) is 8.42 Å². The molecule has 20 heavy (non-hydrogen) atoms. The number of sulfone groups is 1. The molecule has 0 bridgehead atoms. The largest absolute Gasteiger partial charge is 0.394 e. The van der Waals surface area contributed by atoms with Crippen LogP contribution >= 0.6 is 0 Å². The Balaban J connectivity index is 2.03. The molecule has 6 heteroatoms. The van der Waals surface area contributed by atoms with Crippen molar-refractivity contribution in [2.75, 3.05) is 37.7 Å². The van der Waals surface area contributed by atoms with Crippen LogP contribution in [0.2, 0.25) is 0 Å². The average molecular weight is 304 g/mol. The van der Waals surface area contributed by atoms with Crippen LogP contribution in [-0.4, -0.2) is 67.8 Å². The molecule has 0 aromatic heterocycles. The first-order valence-electron chi connectivity index (χ1n) is 7.68. The topological polar surface area (TPSA) is 69.6 Å². The molecule has 1 saturated carbocycles. The van der Waals surface area contributed by atoms with Gasteiger partial charge in [0.2, 0.25) is 0 Å². The summed E-state index contributed by atoms with van der Waals surface area (Å²) in [4.78, 5) is 2.22. The third-order valence-electron chi connectivity index (χ3n) is 4.37. The van der Waals surface area contributed by atoms with Gasteiger partial charge < -0.3 is 15.3 Å². The van der Waals surface area contributed by atoms with E-state index in [0.29, 0.717) is 30.7 Å². The Hall–Kier alpha value is -0.170. The maximum absolute atomic E-state index is 11.7. The van der Waals surface area contributed by atoms with Crippen molar-refractivity contribution in [2.45, 2.75) is 44.7 Å². The Kier molecular flexibility index (Phi) is 5.10. The van der Waals surface area contributed by atoms with E-state index in [9.17, 15) is 13.5 Å². The maximum atomic E-state index is 11.7. The lowest BCUT2D eigenvalue weighted by Gasteiger charge is -2.39. The molecule has 1 heterocycles. The lowest BCUT2D eigenvalue weighted by atomic mass is 9.92. The van der Waals surface area contributed by atoms with Crippen LogP contribution in [0.5, 0.6) is 0 Å². The molecule has 0 aromatic rings. The molecular weight excluding hydrogens is 276 g/mol. The van der Waals surface area contributed by atoms with Crippen molar-refractivity contribution < 1.29 is 13.5 Å². The highest BCUT2D eigenvalue weighted by atomic mass is 32.2. The van der Waals surface area contributed by atoms with Crippen LogP contribution in [0.25, 0.3) is 0 Å². The molecule has 0 radical (unpaired) electrons. The molecule has 0 aromatic carbocycles. The van der Waals surface area contributed by atoms with Gasteiger partial charge in [0.15, 0.2) is 9.84 Å². The summed E-state index contributed by atoms with van der Waals surface area (Å²) >= 11 is 0. The van der Waals surface area contributed by atoms with Crippen LogP contribution in [0.4, 0.5) is 0 Å². The predicted octanol–water partition coefficient (Wildman–Crippen LogP) is 0.246. The summed E-state index contributed by atoms with van der Waals surface area (Å²) < 4.78 is 23.4. The fourth-order valence-electron chi connectivity index (χ4n) is 3.28. The number of aliphatic hydroxyl groups excluding tert-OH is 1. The van der Waals surface area contributed by atoms with Gasteiger partial charge in [-0.15, -0.1) is 0 Å². The van der Waals surface area contributed by atoms with Crippen molar-refractivity contribution >= 4 is 9.84 Å². The van der Waals surface area contributed by atoms with Crippen molar-refractivity contribution in [1.82, 2.24) is 10.2 Å². The van der Waals surface area contributed by atoms with Crippen molar-refractivity contribution in [3.63, 3.8) is 0 Å². The fourth-order valence-corrected chi connectivity index (χ4v) is 4.58. The Morgan fingerprint density at radius 1 is 1.30 bits per heavy atom. The monoisotopic (exact) mass is 304 g/mol. The Morgan fingerprint density at radius 3 is 2.55 bits per heavy atom. The van der Waals surface area contributed by atoms with Gasteiger partial charge in [-0.1, -0.05) is 13.8 Å². The zero-order valence-electron chi connectivity index (χ0n) is 12.6. The SMILES string of the molecule is CC(C)NC(CO)(CN1CCCS(=O)(=O)CC1)C1CC1. The van der Waals surface area contributed by atoms with Crippen LogP contribution in [0.1, 0.15) is 33.1 Å². The van der Waals surface area contributed by atoms with Gasteiger partial charge in [-0.2, -0.15) is 0 Å². The highest BCUT2D eigenvalue weighted by molar-refractivity contribution is 7.91. The molecule has 2 fully saturated rings. The average Bonchev–Trinajstić information content (AvgIpc) is 3.17. The first-order valence-corrected chi connectivity index (χ1v) is 9.50. The molecule has 5 nitrogen and oxygen atoms in total. The van der Waals surface area contributed by atoms with Gasteiger partial charge in [0.1, 0.15) is 0 Å². The number of hydrogen-bond acceptors (Lipinski definition) is 5. The third kappa shape index (κ3) is 4.16. The first kappa shape index (κ1) is 16.2. The summed E-state index contributed by atoms with van der Waals surface area (Å²) in [5, 5.41) is 13.5. The predicted molar refractivity (Wildman–Crippen MR) is 80.5 cm³/mol. The van der Waals surface area contributed by atoms with E-state index in [2.05, 4.69) is 24.1 Å². The molecule has 118 valence electrons. The van der Waals surface area contributed by atoms with Crippen LogP contribution in [0.15, 0.2) is 0 Å². The lowest BCUT2D eigenvalue weighted by molar-refractivity contribution is 0.0865. The Morgan fingerprint density at radius 2 is 2.00 bits per heavy atom. The van der Waals surface area contributed by atoms with Crippen molar-refractivity contribution in [3.8, 4) is 0 Å². The van der Waals surface area contributed by atoms with E-state index >= 15 is 0 Å². The molecule has 1 unspecified atom stereocenters. The van der Waals surface area contributed by atoms with Crippen LogP contribution in [0, 0.1) is 5.92 Å². The summed E-state index contributed by atoms with van der Waals surface area (Å²) in [5.41, 5.74) is -0.262. The van der Waals surface area contributed by atoms with Gasteiger partial charge >= 0.3 is 0 Å². The fraction of sp³-hybridized carbons (Fsp3) is 1.00. The van der Waals surface area contributed by atoms with Gasteiger partial charge in [-0.05, 0) is 31.7 Å². The molecule has 1 aliphatic carbocycles. The number of rotatable bonds is 6. The van der Waals surface area contributed by atoms with Crippen LogP contribution in [0.3, 0.4) is 0 Å². The zero-order chi connectivity index (χ0) is 14.8. The molecule has 1 saturated heterocycles. The highest BCUT2D eigenvalue weighted by Gasteiger charge is 2.46. The van der Waals surface area contributed by atoms with Crippen molar-refractivity contribution in [1.29, 1.82) is 0 Å². The van der Waals surface area contributed by atoms with Crippen LogP contribution < -0.4 is 5.32 Å². The van der Waals surface area contributed by atoms with Crippen molar-refractivity contribution in [3.05, 3.63) is 0 Å². The maximum Gasteiger partial charge on any atom is 0.151 e. The minimum Gasteiger partial charge on any atom is -0.394 e. The third-order valence-corrected chi connectivity index (χ3v) is 6.09. The second-order valence-corrected chi connectivity index (χ2v) is 8.97. The quantitative estimate of drug-likeness (QED) is 0.736. The number of hydrogen-bond donors (Lipinski definition) is 2. The minimum atomic E-state index is -2.87. The summed E-state index contributed by atoms with van der Waals surface area (Å²) in [7, 11) is -2.87. The smallest absolute Gasteiger partial charge is 0.151 e. The van der Waals surface area contributed by atoms with E-state index in [4.69, 9.17) is 0 Å². The Bertz CT molecular complexity index is 420. The summed E-state index contributed by atoms with van der Waals surface area (Å²) in [6, 6.07) is 0.318. The van der Waals surface area contributed by atoms with E-state index in [0.717, 1.165) is 25.9 Å². The first-order chi connectivity index (χ1) is 9.37. The number of nitrogens with zero attached hydrogens (tertiary/aromatic N) is 1. The number of aliphatic hydroxyl groups is 1. The highest BCUT2D eigenvalue weighted by Crippen LogP contribution is 2.40. The standard InChI is InChI=1S/C14H28N2O3S/c1-12(2)15-14(11-17,13-4-5-13)10-16-6-3-8-20(18,19)9-7-16/h12-13,15,17H,3-11H2,1-2H3. The second-order valence-electron chi connectivity index (χ2n) is 6.67. The van der Waals surface area contributed by atoms with Gasteiger partial charge in [0.25, 0.3) is 0 Å². The molecule has 1 atom stereocenters. The van der Waals surface area contributed by atoms with Crippen LogP contribution in [-0.2, 0) is 9.84 Å². The van der Waals surface area contributed by atoms with Gasteiger partial charge in [0.05, 0.1) is 23.7 Å². The molecule has 2 N–H and O–H groups in total. The van der Waals surface area contributed by atoms with Gasteiger partial charge in [-0.3, -0.25) is 0 Å². The van der Waals surface area contributed by atoms with Crippen molar-refractivity contribution in [2.24, 2.45) is 5.92 Å². The van der Waals surface area contributed by atoms with E-state index in [1.165, 1.54) is 0 Å². The summed E-state index contributed by atoms with van der Waals surface area (Å²) in [6.45, 7) is 6.48. The molecular formula is C14H28N2O3S. The van der Waals surface area contributed by atoms with E-state index in [-0.39, 0.29) is 17.9 Å². The molecule has 0 spiro atoms. The summed E-state index contributed by atoms with van der Waals surface area (Å²) in [5.74, 6) is 1.08. The molecule has 2 aliphatic rings. The number of nitrogens with one attached hydrogen (secondary N) is 1. The van der Waals surface area contributed by atoms with E-state index < -0.39 is 9.84 Å². The summed E-state index contributed by atoms with van der Waals surface area (Å²) in [6.07, 6.45) is 3.02. The van der Waals surface area contributed by atoms with E-state index in [1.807, 2.05) is 0 Å². The van der Waals surface area contributed by atoms with E-state index in [1.54, 1.807) is 0 Å². The normalized spacial score (nSPS) is 27.2. The molecule has 2 rings (SSSR count). The molecule has 1 aliphatic heterocycles. The Labute approximate surface area is 122 Å². The zero-order valence-corrected chi connectivity index (χ0v) is 13.5. The second kappa shape index (κ2) is 6.30. The minimum absolute atomic E-state index is 0.124. The lowest BCUT2D eigenvalue weighted by Crippen LogP contribution is -2.60. The molecule has 0 amide bonds. The van der Waals surface area contributed by atoms with Gasteiger partial charge in [0, 0.05) is 19.1 Å².